The highest BCUT2D eigenvalue weighted by Gasteiger charge is 2.18. The van der Waals surface area contributed by atoms with E-state index in [4.69, 9.17) is 10.5 Å². The first kappa shape index (κ1) is 14.4. The van der Waals surface area contributed by atoms with Crippen LogP contribution in [-0.2, 0) is 4.74 Å². The Kier molecular flexibility index (Phi) is 4.86. The minimum atomic E-state index is -0.268. The number of rotatable bonds is 3. The predicted molar refractivity (Wildman–Crippen MR) is 80.1 cm³/mol. The van der Waals surface area contributed by atoms with Crippen molar-refractivity contribution in [3.63, 3.8) is 0 Å². The van der Waals surface area contributed by atoms with Crippen molar-refractivity contribution >= 4 is 27.6 Å². The lowest BCUT2D eigenvalue weighted by Crippen LogP contribution is -2.17. The van der Waals surface area contributed by atoms with Crippen LogP contribution in [0.15, 0.2) is 16.6 Å². The molecule has 1 aromatic carbocycles. The van der Waals surface area contributed by atoms with E-state index < -0.39 is 0 Å². The third kappa shape index (κ3) is 3.72. The standard InChI is InChI=1S/C15H20BrNO2/c1-10-13(7-12(16)8-14(10)17)15(18)19-9-11-5-3-2-4-6-11/h7-8,11H,2-6,9,17H2,1H3. The first-order valence-electron chi connectivity index (χ1n) is 6.80. The van der Waals surface area contributed by atoms with Gasteiger partial charge in [-0.3, -0.25) is 0 Å². The maximum Gasteiger partial charge on any atom is 0.338 e. The Labute approximate surface area is 122 Å². The Morgan fingerprint density at radius 2 is 2.05 bits per heavy atom. The Morgan fingerprint density at radius 3 is 2.74 bits per heavy atom. The summed E-state index contributed by atoms with van der Waals surface area (Å²) in [6.45, 7) is 2.38. The van der Waals surface area contributed by atoms with Crippen molar-refractivity contribution in [2.75, 3.05) is 12.3 Å². The van der Waals surface area contributed by atoms with Crippen LogP contribution in [0.5, 0.6) is 0 Å². The zero-order valence-electron chi connectivity index (χ0n) is 11.2. The zero-order valence-corrected chi connectivity index (χ0v) is 12.8. The van der Waals surface area contributed by atoms with E-state index in [0.717, 1.165) is 10.0 Å². The summed E-state index contributed by atoms with van der Waals surface area (Å²) in [5.41, 5.74) is 7.82. The Bertz CT molecular complexity index is 467. The number of nitrogen functional groups attached to an aromatic ring is 1. The minimum absolute atomic E-state index is 0.268. The van der Waals surface area contributed by atoms with Gasteiger partial charge in [-0.15, -0.1) is 0 Å². The predicted octanol–water partition coefficient (Wildman–Crippen LogP) is 4.08. The summed E-state index contributed by atoms with van der Waals surface area (Å²) in [6.07, 6.45) is 6.17. The molecule has 19 heavy (non-hydrogen) atoms. The van der Waals surface area contributed by atoms with E-state index in [9.17, 15) is 4.79 Å². The lowest BCUT2D eigenvalue weighted by Gasteiger charge is -2.21. The van der Waals surface area contributed by atoms with Crippen molar-refractivity contribution < 1.29 is 9.53 Å². The summed E-state index contributed by atoms with van der Waals surface area (Å²) >= 11 is 3.36. The van der Waals surface area contributed by atoms with Gasteiger partial charge in [0.05, 0.1) is 12.2 Å². The van der Waals surface area contributed by atoms with Crippen molar-refractivity contribution in [2.24, 2.45) is 5.92 Å². The third-order valence-corrected chi connectivity index (χ3v) is 4.27. The van der Waals surface area contributed by atoms with Crippen LogP contribution in [0.2, 0.25) is 0 Å². The Hall–Kier alpha value is -1.03. The van der Waals surface area contributed by atoms with Gasteiger partial charge in [0, 0.05) is 10.2 Å². The van der Waals surface area contributed by atoms with Gasteiger partial charge in [0.25, 0.3) is 0 Å². The molecule has 1 saturated carbocycles. The first-order valence-corrected chi connectivity index (χ1v) is 7.60. The quantitative estimate of drug-likeness (QED) is 0.673. The number of anilines is 1. The van der Waals surface area contributed by atoms with Crippen LogP contribution in [0.3, 0.4) is 0 Å². The average molecular weight is 326 g/mol. The molecule has 2 N–H and O–H groups in total. The summed E-state index contributed by atoms with van der Waals surface area (Å²) in [5.74, 6) is 0.263. The molecule has 1 aliphatic carbocycles. The topological polar surface area (TPSA) is 52.3 Å². The van der Waals surface area contributed by atoms with E-state index in [1.807, 2.05) is 6.92 Å². The minimum Gasteiger partial charge on any atom is -0.462 e. The van der Waals surface area contributed by atoms with Gasteiger partial charge in [0.1, 0.15) is 0 Å². The Morgan fingerprint density at radius 1 is 1.37 bits per heavy atom. The third-order valence-electron chi connectivity index (χ3n) is 3.81. The van der Waals surface area contributed by atoms with Crippen molar-refractivity contribution in [2.45, 2.75) is 39.0 Å². The molecule has 0 unspecified atom stereocenters. The molecule has 4 heteroatoms. The molecule has 1 fully saturated rings. The fourth-order valence-electron chi connectivity index (χ4n) is 2.54. The normalized spacial score (nSPS) is 16.3. The maximum atomic E-state index is 12.1. The molecule has 0 saturated heterocycles. The van der Waals surface area contributed by atoms with Crippen molar-refractivity contribution in [3.8, 4) is 0 Å². The summed E-state index contributed by atoms with van der Waals surface area (Å²) in [4.78, 5) is 12.1. The van der Waals surface area contributed by atoms with E-state index >= 15 is 0 Å². The van der Waals surface area contributed by atoms with Crippen molar-refractivity contribution in [1.82, 2.24) is 0 Å². The highest BCUT2D eigenvalue weighted by atomic mass is 79.9. The fourth-order valence-corrected chi connectivity index (χ4v) is 3.01. The number of ether oxygens (including phenoxy) is 1. The molecule has 0 atom stereocenters. The number of hydrogen-bond acceptors (Lipinski definition) is 3. The summed E-state index contributed by atoms with van der Waals surface area (Å²) in [5, 5.41) is 0. The van der Waals surface area contributed by atoms with E-state index in [-0.39, 0.29) is 5.97 Å². The SMILES string of the molecule is Cc1c(N)cc(Br)cc1C(=O)OCC1CCCCC1. The summed E-state index contributed by atoms with van der Waals surface area (Å²) in [6, 6.07) is 3.57. The first-order chi connectivity index (χ1) is 9.08. The molecule has 1 aliphatic rings. The smallest absolute Gasteiger partial charge is 0.338 e. The average Bonchev–Trinajstić information content (AvgIpc) is 2.41. The summed E-state index contributed by atoms with van der Waals surface area (Å²) in [7, 11) is 0. The van der Waals surface area contributed by atoms with Crippen molar-refractivity contribution in [3.05, 3.63) is 27.7 Å². The van der Waals surface area contributed by atoms with Gasteiger partial charge in [0.15, 0.2) is 0 Å². The second-order valence-corrected chi connectivity index (χ2v) is 6.19. The molecule has 104 valence electrons. The molecule has 1 aromatic rings. The van der Waals surface area contributed by atoms with Gasteiger partial charge in [-0.25, -0.2) is 4.79 Å². The molecule has 0 spiro atoms. The van der Waals surface area contributed by atoms with Crippen LogP contribution in [0.1, 0.15) is 48.0 Å². The van der Waals surface area contributed by atoms with Gasteiger partial charge < -0.3 is 10.5 Å². The largest absolute Gasteiger partial charge is 0.462 e. The zero-order chi connectivity index (χ0) is 13.8. The van der Waals surface area contributed by atoms with E-state index in [1.165, 1.54) is 32.1 Å². The van der Waals surface area contributed by atoms with Crippen LogP contribution < -0.4 is 5.73 Å². The molecular weight excluding hydrogens is 306 g/mol. The van der Waals surface area contributed by atoms with Crippen LogP contribution in [0, 0.1) is 12.8 Å². The fraction of sp³-hybridized carbons (Fsp3) is 0.533. The highest BCUT2D eigenvalue weighted by molar-refractivity contribution is 9.10. The number of nitrogens with two attached hydrogens (primary N) is 1. The Balaban J connectivity index is 1.99. The van der Waals surface area contributed by atoms with E-state index in [1.54, 1.807) is 12.1 Å². The number of halogens is 1. The van der Waals surface area contributed by atoms with E-state index in [0.29, 0.717) is 23.8 Å². The molecule has 0 aromatic heterocycles. The van der Waals surface area contributed by atoms with Gasteiger partial charge in [-0.05, 0) is 43.4 Å². The molecule has 0 aliphatic heterocycles. The molecule has 0 radical (unpaired) electrons. The number of carbonyl (C=O) groups is 1. The van der Waals surface area contributed by atoms with Crippen LogP contribution in [0.4, 0.5) is 5.69 Å². The summed E-state index contributed by atoms with van der Waals surface area (Å²) < 4.78 is 6.25. The van der Waals surface area contributed by atoms with Gasteiger partial charge >= 0.3 is 5.97 Å². The van der Waals surface area contributed by atoms with E-state index in [2.05, 4.69) is 15.9 Å². The lowest BCUT2D eigenvalue weighted by atomic mass is 9.90. The highest BCUT2D eigenvalue weighted by Crippen LogP contribution is 2.26. The monoisotopic (exact) mass is 325 g/mol. The molecule has 0 heterocycles. The lowest BCUT2D eigenvalue weighted by molar-refractivity contribution is 0.0409. The number of benzene rings is 1. The van der Waals surface area contributed by atoms with Crippen molar-refractivity contribution in [1.29, 1.82) is 0 Å². The molecule has 2 rings (SSSR count). The van der Waals surface area contributed by atoms with Crippen LogP contribution in [0.25, 0.3) is 0 Å². The van der Waals surface area contributed by atoms with Gasteiger partial charge in [0.2, 0.25) is 0 Å². The molecule has 3 nitrogen and oxygen atoms in total. The molecule has 0 bridgehead atoms. The van der Waals surface area contributed by atoms with Crippen LogP contribution >= 0.6 is 15.9 Å². The van der Waals surface area contributed by atoms with Gasteiger partial charge in [-0.1, -0.05) is 35.2 Å². The second-order valence-electron chi connectivity index (χ2n) is 5.27. The van der Waals surface area contributed by atoms with Gasteiger partial charge in [-0.2, -0.15) is 0 Å². The number of carbonyl (C=O) groups excluding carboxylic acids is 1. The maximum absolute atomic E-state index is 12.1. The number of hydrogen-bond donors (Lipinski definition) is 1. The number of esters is 1. The molecule has 0 amide bonds. The second kappa shape index (κ2) is 6.42. The van der Waals surface area contributed by atoms with Crippen LogP contribution in [-0.4, -0.2) is 12.6 Å². The molecular formula is C15H20BrNO2.